The second-order valence-corrected chi connectivity index (χ2v) is 6.17. The summed E-state index contributed by atoms with van der Waals surface area (Å²) in [5.74, 6) is 3.22. The maximum Gasteiger partial charge on any atom is 0.137 e. The van der Waals surface area contributed by atoms with Crippen molar-refractivity contribution in [3.05, 3.63) is 34.7 Å². The second kappa shape index (κ2) is 4.41. The molecular formula is C12H13BrN2S. The van der Waals surface area contributed by atoms with Crippen LogP contribution in [0.2, 0.25) is 0 Å². The summed E-state index contributed by atoms with van der Waals surface area (Å²) in [6, 6.07) is 6.15. The summed E-state index contributed by atoms with van der Waals surface area (Å²) in [6.07, 6.45) is 4.72. The molecule has 84 valence electrons. The standard InChI is InChI=1S/C12H13BrN2S/c13-11-2-1-3-12-14-10(8-15(11)12)9-4-6-16-7-5-9/h1-3,8-9H,4-7H2. The molecule has 0 aliphatic carbocycles. The van der Waals surface area contributed by atoms with Gasteiger partial charge in [0.15, 0.2) is 0 Å². The van der Waals surface area contributed by atoms with E-state index in [2.05, 4.69) is 50.4 Å². The zero-order valence-electron chi connectivity index (χ0n) is 8.90. The van der Waals surface area contributed by atoms with Crippen molar-refractivity contribution < 1.29 is 0 Å². The fourth-order valence-electron chi connectivity index (χ4n) is 2.19. The van der Waals surface area contributed by atoms with Gasteiger partial charge in [0.25, 0.3) is 0 Å². The van der Waals surface area contributed by atoms with Crippen LogP contribution in [-0.4, -0.2) is 20.9 Å². The van der Waals surface area contributed by atoms with E-state index in [4.69, 9.17) is 4.98 Å². The number of halogens is 1. The fraction of sp³-hybridized carbons (Fsp3) is 0.417. The molecule has 16 heavy (non-hydrogen) atoms. The van der Waals surface area contributed by atoms with Gasteiger partial charge in [-0.3, -0.25) is 4.40 Å². The fourth-order valence-corrected chi connectivity index (χ4v) is 3.73. The molecule has 2 aromatic rings. The quantitative estimate of drug-likeness (QED) is 0.747. The molecule has 0 bridgehead atoms. The van der Waals surface area contributed by atoms with Gasteiger partial charge in [-0.2, -0.15) is 11.8 Å². The number of hydrogen-bond donors (Lipinski definition) is 0. The Morgan fingerprint density at radius 2 is 2.12 bits per heavy atom. The number of rotatable bonds is 1. The zero-order chi connectivity index (χ0) is 11.0. The van der Waals surface area contributed by atoms with Crippen LogP contribution in [0.1, 0.15) is 24.5 Å². The van der Waals surface area contributed by atoms with Crippen molar-refractivity contribution in [3.8, 4) is 0 Å². The average Bonchev–Trinajstić information content (AvgIpc) is 2.76. The SMILES string of the molecule is Brc1cccc2nc(C3CCSCC3)cn12. The Morgan fingerprint density at radius 3 is 2.88 bits per heavy atom. The summed E-state index contributed by atoms with van der Waals surface area (Å²) < 4.78 is 3.20. The van der Waals surface area contributed by atoms with Crippen LogP contribution in [0.5, 0.6) is 0 Å². The van der Waals surface area contributed by atoms with E-state index in [0.29, 0.717) is 5.92 Å². The molecule has 0 aromatic carbocycles. The molecule has 0 unspecified atom stereocenters. The predicted molar refractivity (Wildman–Crippen MR) is 72.2 cm³/mol. The van der Waals surface area contributed by atoms with E-state index in [0.717, 1.165) is 10.3 Å². The molecule has 0 spiro atoms. The first kappa shape index (κ1) is 10.7. The van der Waals surface area contributed by atoms with Crippen molar-refractivity contribution in [1.29, 1.82) is 0 Å². The first-order valence-electron chi connectivity index (χ1n) is 5.56. The van der Waals surface area contributed by atoms with Crippen molar-refractivity contribution in [2.45, 2.75) is 18.8 Å². The van der Waals surface area contributed by atoms with Gasteiger partial charge in [0.2, 0.25) is 0 Å². The maximum atomic E-state index is 4.72. The van der Waals surface area contributed by atoms with Crippen LogP contribution in [0.3, 0.4) is 0 Å². The van der Waals surface area contributed by atoms with Crippen LogP contribution in [0.4, 0.5) is 0 Å². The third-order valence-electron chi connectivity index (χ3n) is 3.10. The number of hydrogen-bond acceptors (Lipinski definition) is 2. The van der Waals surface area contributed by atoms with Gasteiger partial charge in [-0.15, -0.1) is 0 Å². The minimum atomic E-state index is 0.660. The Balaban J connectivity index is 2.01. The molecular weight excluding hydrogens is 284 g/mol. The molecule has 1 saturated heterocycles. The van der Waals surface area contributed by atoms with Crippen LogP contribution >= 0.6 is 27.7 Å². The number of imidazole rings is 1. The van der Waals surface area contributed by atoms with Crippen molar-refractivity contribution >= 4 is 33.3 Å². The van der Waals surface area contributed by atoms with Crippen molar-refractivity contribution in [2.24, 2.45) is 0 Å². The Labute approximate surface area is 108 Å². The maximum absolute atomic E-state index is 4.72. The number of pyridine rings is 1. The Bertz CT molecular complexity index is 503. The highest BCUT2D eigenvalue weighted by atomic mass is 79.9. The van der Waals surface area contributed by atoms with Gasteiger partial charge in [0.05, 0.1) is 10.3 Å². The summed E-state index contributed by atoms with van der Waals surface area (Å²) in [5, 5.41) is 0. The van der Waals surface area contributed by atoms with Crippen molar-refractivity contribution in [1.82, 2.24) is 9.38 Å². The molecule has 1 aliphatic heterocycles. The van der Waals surface area contributed by atoms with E-state index in [1.807, 2.05) is 6.07 Å². The summed E-state index contributed by atoms with van der Waals surface area (Å²) in [5.41, 5.74) is 2.30. The lowest BCUT2D eigenvalue weighted by Gasteiger charge is -2.18. The van der Waals surface area contributed by atoms with E-state index in [1.54, 1.807) is 0 Å². The van der Waals surface area contributed by atoms with Crippen molar-refractivity contribution in [2.75, 3.05) is 11.5 Å². The zero-order valence-corrected chi connectivity index (χ0v) is 11.3. The van der Waals surface area contributed by atoms with E-state index in [1.165, 1.54) is 30.0 Å². The molecule has 0 amide bonds. The summed E-state index contributed by atoms with van der Waals surface area (Å²) in [4.78, 5) is 4.72. The highest BCUT2D eigenvalue weighted by Crippen LogP contribution is 2.31. The van der Waals surface area contributed by atoms with E-state index >= 15 is 0 Å². The lowest BCUT2D eigenvalue weighted by Crippen LogP contribution is -2.07. The topological polar surface area (TPSA) is 17.3 Å². The van der Waals surface area contributed by atoms with Crippen LogP contribution in [-0.2, 0) is 0 Å². The predicted octanol–water partition coefficient (Wildman–Crippen LogP) is 3.71. The smallest absolute Gasteiger partial charge is 0.137 e. The van der Waals surface area contributed by atoms with Gasteiger partial charge in [-0.1, -0.05) is 6.07 Å². The minimum absolute atomic E-state index is 0.660. The molecule has 3 heterocycles. The lowest BCUT2D eigenvalue weighted by molar-refractivity contribution is 0.623. The molecule has 0 radical (unpaired) electrons. The summed E-state index contributed by atoms with van der Waals surface area (Å²) >= 11 is 5.61. The third kappa shape index (κ3) is 1.89. The highest BCUT2D eigenvalue weighted by molar-refractivity contribution is 9.10. The number of thioether (sulfide) groups is 1. The monoisotopic (exact) mass is 296 g/mol. The first-order valence-corrected chi connectivity index (χ1v) is 7.50. The molecule has 2 aromatic heterocycles. The number of aromatic nitrogens is 2. The molecule has 0 N–H and O–H groups in total. The molecule has 4 heteroatoms. The van der Waals surface area contributed by atoms with Crippen LogP contribution in [0.15, 0.2) is 29.0 Å². The van der Waals surface area contributed by atoms with Crippen molar-refractivity contribution in [3.63, 3.8) is 0 Å². The van der Waals surface area contributed by atoms with Crippen LogP contribution in [0.25, 0.3) is 5.65 Å². The lowest BCUT2D eigenvalue weighted by atomic mass is 10.00. The normalized spacial score (nSPS) is 18.1. The van der Waals surface area contributed by atoms with Gasteiger partial charge >= 0.3 is 0 Å². The van der Waals surface area contributed by atoms with Gasteiger partial charge in [-0.25, -0.2) is 4.98 Å². The highest BCUT2D eigenvalue weighted by Gasteiger charge is 2.18. The molecule has 1 fully saturated rings. The minimum Gasteiger partial charge on any atom is -0.294 e. The van der Waals surface area contributed by atoms with Crippen LogP contribution < -0.4 is 0 Å². The van der Waals surface area contributed by atoms with E-state index in [9.17, 15) is 0 Å². The summed E-state index contributed by atoms with van der Waals surface area (Å²) in [7, 11) is 0. The van der Waals surface area contributed by atoms with Gasteiger partial charge in [0.1, 0.15) is 5.65 Å². The van der Waals surface area contributed by atoms with Gasteiger partial charge < -0.3 is 0 Å². The largest absolute Gasteiger partial charge is 0.294 e. The number of nitrogens with zero attached hydrogens (tertiary/aromatic N) is 2. The van der Waals surface area contributed by atoms with Gasteiger partial charge in [-0.05, 0) is 52.4 Å². The third-order valence-corrected chi connectivity index (χ3v) is 4.80. The molecule has 3 rings (SSSR count). The second-order valence-electron chi connectivity index (χ2n) is 4.13. The Hall–Kier alpha value is -0.480. The van der Waals surface area contributed by atoms with Crippen LogP contribution in [0, 0.1) is 0 Å². The molecule has 2 nitrogen and oxygen atoms in total. The molecule has 0 saturated carbocycles. The summed E-state index contributed by atoms with van der Waals surface area (Å²) in [6.45, 7) is 0. The van der Waals surface area contributed by atoms with E-state index in [-0.39, 0.29) is 0 Å². The average molecular weight is 297 g/mol. The first-order chi connectivity index (χ1) is 7.84. The Kier molecular flexibility index (Phi) is 2.94. The molecule has 0 atom stereocenters. The Morgan fingerprint density at radius 1 is 1.31 bits per heavy atom. The van der Waals surface area contributed by atoms with Gasteiger partial charge in [0, 0.05) is 12.1 Å². The van der Waals surface area contributed by atoms with E-state index < -0.39 is 0 Å². The number of fused-ring (bicyclic) bond motifs is 1. The molecule has 1 aliphatic rings.